The van der Waals surface area contributed by atoms with Crippen LogP contribution in [0, 0.1) is 0 Å². The highest BCUT2D eigenvalue weighted by molar-refractivity contribution is 7.09. The zero-order valence-corrected chi connectivity index (χ0v) is 10.2. The quantitative estimate of drug-likeness (QED) is 0.882. The number of nitrogens with one attached hydrogen (secondary N) is 1. The van der Waals surface area contributed by atoms with Crippen molar-refractivity contribution >= 4 is 16.7 Å². The van der Waals surface area contributed by atoms with Crippen LogP contribution in [0.5, 0.6) is 0 Å². The van der Waals surface area contributed by atoms with Crippen LogP contribution in [0.4, 0.5) is 5.13 Å². The van der Waals surface area contributed by atoms with Gasteiger partial charge in [-0.05, 0) is 10.8 Å². The van der Waals surface area contributed by atoms with Crippen LogP contribution in [-0.4, -0.2) is 21.3 Å². The number of benzene rings is 1. The van der Waals surface area contributed by atoms with E-state index in [0.29, 0.717) is 0 Å². The van der Waals surface area contributed by atoms with Crippen molar-refractivity contribution in [3.05, 3.63) is 35.9 Å². The molecule has 84 valence electrons. The Bertz CT molecular complexity index is 425. The fourth-order valence-corrected chi connectivity index (χ4v) is 1.85. The molecule has 2 rings (SSSR count). The van der Waals surface area contributed by atoms with E-state index in [4.69, 9.17) is 0 Å². The fourth-order valence-electron chi connectivity index (χ4n) is 1.49. The van der Waals surface area contributed by atoms with E-state index in [0.717, 1.165) is 11.7 Å². The van der Waals surface area contributed by atoms with E-state index in [1.54, 1.807) is 0 Å². The molecule has 1 aromatic carbocycles. The molecule has 0 atom stereocenters. The van der Waals surface area contributed by atoms with Crippen molar-refractivity contribution in [3.63, 3.8) is 0 Å². The second-order valence-electron chi connectivity index (χ2n) is 4.27. The molecule has 0 aliphatic heterocycles. The predicted molar refractivity (Wildman–Crippen MR) is 65.7 cm³/mol. The van der Waals surface area contributed by atoms with Gasteiger partial charge in [-0.15, -0.1) is 0 Å². The summed E-state index contributed by atoms with van der Waals surface area (Å²) in [6.45, 7) is 5.21. The fraction of sp³-hybridized carbons (Fsp3) is 0.364. The third kappa shape index (κ3) is 2.55. The predicted octanol–water partition coefficient (Wildman–Crippen LogP) is 2.32. The first-order valence-electron chi connectivity index (χ1n) is 5.13. The number of nitrogens with zero attached hydrogens (tertiary/aromatic N) is 3. The molecule has 0 amide bonds. The molecule has 4 nitrogen and oxygen atoms in total. The summed E-state index contributed by atoms with van der Waals surface area (Å²) in [4.78, 5) is 0. The van der Waals surface area contributed by atoms with Gasteiger partial charge in [-0.2, -0.15) is 0 Å². The molecule has 0 fully saturated rings. The summed E-state index contributed by atoms with van der Waals surface area (Å²) in [5.74, 6) is 0. The third-order valence-electron chi connectivity index (χ3n) is 2.54. The van der Waals surface area contributed by atoms with Gasteiger partial charge < -0.3 is 5.32 Å². The molecule has 0 aliphatic carbocycles. The molecular weight excluding hydrogens is 220 g/mol. The van der Waals surface area contributed by atoms with Crippen molar-refractivity contribution in [3.8, 4) is 0 Å². The Hall–Kier alpha value is -1.49. The lowest BCUT2D eigenvalue weighted by atomic mass is 9.85. The van der Waals surface area contributed by atoms with Crippen molar-refractivity contribution in [2.45, 2.75) is 19.3 Å². The van der Waals surface area contributed by atoms with Crippen LogP contribution in [-0.2, 0) is 5.41 Å². The summed E-state index contributed by atoms with van der Waals surface area (Å²) in [5.41, 5.74) is 1.37. The number of hydrogen-bond donors (Lipinski definition) is 1. The lowest BCUT2D eigenvalue weighted by molar-refractivity contribution is 0.556. The molecule has 5 heteroatoms. The smallest absolute Gasteiger partial charge is 0.225 e. The number of rotatable bonds is 4. The standard InChI is InChI=1S/C11H14N4S/c1-11(2,9-6-4-3-5-7-9)8-12-10-13-14-15-16-10/h3-7H,8H2,1-2H3,(H,12,13,15). The summed E-state index contributed by atoms with van der Waals surface area (Å²) in [5, 5.41) is 11.4. The van der Waals surface area contributed by atoms with E-state index in [-0.39, 0.29) is 5.41 Å². The van der Waals surface area contributed by atoms with Crippen LogP contribution in [0.1, 0.15) is 19.4 Å². The van der Waals surface area contributed by atoms with Crippen molar-refractivity contribution in [2.24, 2.45) is 0 Å². The average Bonchev–Trinajstić information content (AvgIpc) is 2.81. The van der Waals surface area contributed by atoms with Gasteiger partial charge >= 0.3 is 0 Å². The van der Waals surface area contributed by atoms with Crippen molar-refractivity contribution in [1.29, 1.82) is 0 Å². The molecule has 1 N–H and O–H groups in total. The zero-order chi connectivity index (χ0) is 11.4. The lowest BCUT2D eigenvalue weighted by Crippen LogP contribution is -2.27. The van der Waals surface area contributed by atoms with E-state index >= 15 is 0 Å². The van der Waals surface area contributed by atoms with Gasteiger partial charge in [0.25, 0.3) is 0 Å². The Morgan fingerprint density at radius 1 is 1.25 bits per heavy atom. The molecule has 0 spiro atoms. The summed E-state index contributed by atoms with van der Waals surface area (Å²) < 4.78 is 3.71. The third-order valence-corrected chi connectivity index (χ3v) is 3.09. The molecule has 2 aromatic rings. The van der Waals surface area contributed by atoms with E-state index in [9.17, 15) is 0 Å². The van der Waals surface area contributed by atoms with Crippen molar-refractivity contribution in [2.75, 3.05) is 11.9 Å². The van der Waals surface area contributed by atoms with Gasteiger partial charge in [0, 0.05) is 23.5 Å². The first-order chi connectivity index (χ1) is 7.68. The van der Waals surface area contributed by atoms with Crippen molar-refractivity contribution in [1.82, 2.24) is 14.8 Å². The molecule has 0 saturated carbocycles. The van der Waals surface area contributed by atoms with E-state index < -0.39 is 0 Å². The maximum Gasteiger partial charge on any atom is 0.225 e. The molecule has 16 heavy (non-hydrogen) atoms. The minimum Gasteiger partial charge on any atom is -0.358 e. The van der Waals surface area contributed by atoms with E-state index in [1.165, 1.54) is 17.1 Å². The highest BCUT2D eigenvalue weighted by Crippen LogP contribution is 2.23. The zero-order valence-electron chi connectivity index (χ0n) is 9.34. The van der Waals surface area contributed by atoms with Crippen LogP contribution in [0.25, 0.3) is 0 Å². The highest BCUT2D eigenvalue weighted by Gasteiger charge is 2.20. The second kappa shape index (κ2) is 4.57. The summed E-state index contributed by atoms with van der Waals surface area (Å²) in [6.07, 6.45) is 0. The molecule has 1 heterocycles. The van der Waals surface area contributed by atoms with Crippen LogP contribution >= 0.6 is 11.5 Å². The Kier molecular flexibility index (Phi) is 3.14. The minimum absolute atomic E-state index is 0.0624. The van der Waals surface area contributed by atoms with Gasteiger partial charge in [0.15, 0.2) is 0 Å². The SMILES string of the molecule is CC(C)(CNc1nnns1)c1ccccc1. The maximum absolute atomic E-state index is 3.86. The Morgan fingerprint density at radius 2 is 2.00 bits per heavy atom. The Morgan fingerprint density at radius 3 is 2.62 bits per heavy atom. The number of anilines is 1. The van der Waals surface area contributed by atoms with Crippen LogP contribution in [0.3, 0.4) is 0 Å². The number of hydrogen-bond acceptors (Lipinski definition) is 5. The largest absolute Gasteiger partial charge is 0.358 e. The monoisotopic (exact) mass is 234 g/mol. The normalized spacial score (nSPS) is 11.4. The summed E-state index contributed by atoms with van der Waals surface area (Å²) in [6, 6.07) is 10.4. The van der Waals surface area contributed by atoms with Gasteiger partial charge in [-0.25, -0.2) is 0 Å². The van der Waals surface area contributed by atoms with Gasteiger partial charge in [-0.1, -0.05) is 53.8 Å². The molecule has 0 bridgehead atoms. The van der Waals surface area contributed by atoms with Gasteiger partial charge in [0.2, 0.25) is 5.13 Å². The van der Waals surface area contributed by atoms with Crippen LogP contribution in [0.15, 0.2) is 30.3 Å². The second-order valence-corrected chi connectivity index (χ2v) is 5.00. The molecule has 0 unspecified atom stereocenters. The molecule has 0 radical (unpaired) electrons. The van der Waals surface area contributed by atoms with E-state index in [2.05, 4.69) is 58.2 Å². The maximum atomic E-state index is 3.86. The van der Waals surface area contributed by atoms with Gasteiger partial charge in [0.1, 0.15) is 0 Å². The van der Waals surface area contributed by atoms with Gasteiger partial charge in [-0.3, -0.25) is 0 Å². The van der Waals surface area contributed by atoms with Crippen LogP contribution in [0.2, 0.25) is 0 Å². The summed E-state index contributed by atoms with van der Waals surface area (Å²) in [7, 11) is 0. The topological polar surface area (TPSA) is 50.7 Å². The van der Waals surface area contributed by atoms with E-state index in [1.807, 2.05) is 6.07 Å². The molecule has 0 saturated heterocycles. The Balaban J connectivity index is 2.03. The first kappa shape index (κ1) is 11.0. The summed E-state index contributed by atoms with van der Waals surface area (Å²) >= 11 is 1.28. The van der Waals surface area contributed by atoms with Gasteiger partial charge in [0.05, 0.1) is 0 Å². The van der Waals surface area contributed by atoms with Crippen LogP contribution < -0.4 is 5.32 Å². The molecule has 1 aromatic heterocycles. The minimum atomic E-state index is 0.0624. The average molecular weight is 234 g/mol. The Labute approximate surface area is 98.9 Å². The first-order valence-corrected chi connectivity index (χ1v) is 5.90. The number of aromatic nitrogens is 3. The highest BCUT2D eigenvalue weighted by atomic mass is 32.1. The van der Waals surface area contributed by atoms with Crippen molar-refractivity contribution < 1.29 is 0 Å². The molecular formula is C11H14N4S. The lowest BCUT2D eigenvalue weighted by Gasteiger charge is -2.25. The molecule has 0 aliphatic rings.